The topological polar surface area (TPSA) is 70.6 Å². The van der Waals surface area contributed by atoms with Crippen LogP contribution in [0.2, 0.25) is 0 Å². The van der Waals surface area contributed by atoms with Crippen molar-refractivity contribution in [3.63, 3.8) is 0 Å². The number of piperidine rings is 1. The Morgan fingerprint density at radius 2 is 1.70 bits per heavy atom. The fourth-order valence-corrected chi connectivity index (χ4v) is 6.85. The molecule has 2 aliphatic heterocycles. The van der Waals surface area contributed by atoms with Gasteiger partial charge in [-0.2, -0.15) is 4.31 Å². The molecule has 0 aliphatic carbocycles. The molecule has 5 rings (SSSR count). The minimum atomic E-state index is -3.50. The summed E-state index contributed by atoms with van der Waals surface area (Å²) in [5.74, 6) is -0.119. The lowest BCUT2D eigenvalue weighted by Gasteiger charge is -2.26. The molecule has 170 valence electrons. The van der Waals surface area contributed by atoms with Crippen LogP contribution in [-0.2, 0) is 16.4 Å². The predicted octanol–water partition coefficient (Wildman–Crippen LogP) is 4.61. The van der Waals surface area contributed by atoms with Gasteiger partial charge in [0.05, 0.1) is 10.5 Å². The van der Waals surface area contributed by atoms with Gasteiger partial charge in [0.15, 0.2) is 0 Å². The molecule has 3 aromatic rings. The highest BCUT2D eigenvalue weighted by molar-refractivity contribution is 7.99. The third-order valence-electron chi connectivity index (χ3n) is 6.10. The standard InChI is InChI=1S/C25H25N3O3S2/c29-25(22-10-7-14-26-24(22)32-20-8-3-1-4-9-20)28-17-13-19-18-21(11-12-23(19)28)33(30,31)27-15-5-2-6-16-27/h1,3-4,7-12,14,18H,2,5-6,13,15-17H2. The van der Waals surface area contributed by atoms with Gasteiger partial charge in [-0.25, -0.2) is 13.4 Å². The van der Waals surface area contributed by atoms with Gasteiger partial charge in [0.2, 0.25) is 10.0 Å². The summed E-state index contributed by atoms with van der Waals surface area (Å²) in [4.78, 5) is 21.0. The molecule has 3 heterocycles. The molecule has 6 nitrogen and oxygen atoms in total. The molecular weight excluding hydrogens is 454 g/mol. The monoisotopic (exact) mass is 479 g/mol. The second-order valence-electron chi connectivity index (χ2n) is 8.23. The summed E-state index contributed by atoms with van der Waals surface area (Å²) >= 11 is 1.46. The number of carbonyl (C=O) groups is 1. The van der Waals surface area contributed by atoms with Crippen molar-refractivity contribution in [1.82, 2.24) is 9.29 Å². The first-order chi connectivity index (χ1) is 16.0. The Morgan fingerprint density at radius 3 is 2.48 bits per heavy atom. The molecule has 1 amide bonds. The quantitative estimate of drug-likeness (QED) is 0.534. The summed E-state index contributed by atoms with van der Waals surface area (Å²) < 4.78 is 27.7. The summed E-state index contributed by atoms with van der Waals surface area (Å²) in [5.41, 5.74) is 2.21. The molecule has 0 atom stereocenters. The molecule has 0 N–H and O–H groups in total. The minimum Gasteiger partial charge on any atom is -0.308 e. The Bertz CT molecular complexity index is 1270. The van der Waals surface area contributed by atoms with Crippen LogP contribution in [0.15, 0.2) is 81.7 Å². The predicted molar refractivity (Wildman–Crippen MR) is 129 cm³/mol. The maximum absolute atomic E-state index is 13.5. The average molecular weight is 480 g/mol. The van der Waals surface area contributed by atoms with Gasteiger partial charge in [-0.05, 0) is 67.3 Å². The molecule has 0 bridgehead atoms. The van der Waals surface area contributed by atoms with Crippen LogP contribution in [0, 0.1) is 0 Å². The smallest absolute Gasteiger partial charge is 0.261 e. The number of anilines is 1. The number of fused-ring (bicyclic) bond motifs is 1. The normalized spacial score (nSPS) is 16.5. The van der Waals surface area contributed by atoms with E-state index in [9.17, 15) is 13.2 Å². The molecule has 0 spiro atoms. The van der Waals surface area contributed by atoms with E-state index in [1.165, 1.54) is 11.8 Å². The highest BCUT2D eigenvalue weighted by Gasteiger charge is 2.31. The highest BCUT2D eigenvalue weighted by Crippen LogP contribution is 2.35. The van der Waals surface area contributed by atoms with Gasteiger partial charge in [0.25, 0.3) is 5.91 Å². The van der Waals surface area contributed by atoms with Gasteiger partial charge < -0.3 is 4.90 Å². The molecule has 8 heteroatoms. The number of hydrogen-bond acceptors (Lipinski definition) is 5. The maximum atomic E-state index is 13.5. The van der Waals surface area contributed by atoms with Crippen molar-refractivity contribution in [2.75, 3.05) is 24.5 Å². The lowest BCUT2D eigenvalue weighted by atomic mass is 10.1. The van der Waals surface area contributed by atoms with Gasteiger partial charge in [0, 0.05) is 36.4 Å². The van der Waals surface area contributed by atoms with Gasteiger partial charge in [-0.15, -0.1) is 0 Å². The zero-order chi connectivity index (χ0) is 22.8. The van der Waals surface area contributed by atoms with Crippen molar-refractivity contribution in [3.05, 3.63) is 78.0 Å². The summed E-state index contributed by atoms with van der Waals surface area (Å²) in [6.45, 7) is 1.67. The van der Waals surface area contributed by atoms with E-state index in [1.807, 2.05) is 30.3 Å². The SMILES string of the molecule is O=C(c1cccnc1Sc1ccccc1)N1CCc2cc(S(=O)(=O)N3CCCCC3)ccc21. The Morgan fingerprint density at radius 1 is 0.909 bits per heavy atom. The number of benzene rings is 2. The number of carbonyl (C=O) groups excluding carboxylic acids is 1. The largest absolute Gasteiger partial charge is 0.308 e. The van der Waals surface area contributed by atoms with Gasteiger partial charge in [0.1, 0.15) is 5.03 Å². The van der Waals surface area contributed by atoms with E-state index in [2.05, 4.69) is 4.98 Å². The summed E-state index contributed by atoms with van der Waals surface area (Å²) in [5, 5.41) is 0.659. The molecule has 1 aromatic heterocycles. The number of sulfonamides is 1. The van der Waals surface area contributed by atoms with Crippen LogP contribution in [0.3, 0.4) is 0 Å². The second-order valence-corrected chi connectivity index (χ2v) is 11.2. The first-order valence-electron chi connectivity index (χ1n) is 11.2. The van der Waals surface area contributed by atoms with Crippen LogP contribution in [0.1, 0.15) is 35.2 Å². The van der Waals surface area contributed by atoms with Gasteiger partial charge in [-0.1, -0.05) is 36.4 Å². The van der Waals surface area contributed by atoms with E-state index >= 15 is 0 Å². The van der Waals surface area contributed by atoms with Crippen LogP contribution >= 0.6 is 11.8 Å². The van der Waals surface area contributed by atoms with Crippen LogP contribution in [0.25, 0.3) is 0 Å². The lowest BCUT2D eigenvalue weighted by molar-refractivity contribution is 0.0986. The van der Waals surface area contributed by atoms with E-state index < -0.39 is 10.0 Å². The molecule has 33 heavy (non-hydrogen) atoms. The molecule has 0 saturated carbocycles. The number of aromatic nitrogens is 1. The van der Waals surface area contributed by atoms with E-state index in [4.69, 9.17) is 0 Å². The maximum Gasteiger partial charge on any atom is 0.261 e. The third-order valence-corrected chi connectivity index (χ3v) is 9.02. The average Bonchev–Trinajstić information content (AvgIpc) is 3.28. The third kappa shape index (κ3) is 4.43. The molecule has 2 aromatic carbocycles. The molecule has 0 unspecified atom stereocenters. The highest BCUT2D eigenvalue weighted by atomic mass is 32.2. The first kappa shape index (κ1) is 22.1. The molecule has 2 aliphatic rings. The Hall–Kier alpha value is -2.68. The van der Waals surface area contributed by atoms with Crippen LogP contribution in [0.4, 0.5) is 5.69 Å². The number of amides is 1. The first-order valence-corrected chi connectivity index (χ1v) is 13.4. The van der Waals surface area contributed by atoms with Crippen molar-refractivity contribution in [1.29, 1.82) is 0 Å². The molecule has 1 fully saturated rings. The van der Waals surface area contributed by atoms with Crippen LogP contribution < -0.4 is 4.90 Å². The molecule has 0 radical (unpaired) electrons. The van der Waals surface area contributed by atoms with E-state index in [1.54, 1.807) is 45.7 Å². The number of hydrogen-bond donors (Lipinski definition) is 0. The van der Waals surface area contributed by atoms with Crippen molar-refractivity contribution in [2.45, 2.75) is 40.5 Å². The molecular formula is C25H25N3O3S2. The zero-order valence-electron chi connectivity index (χ0n) is 18.2. The van der Waals surface area contributed by atoms with Crippen molar-refractivity contribution in [2.24, 2.45) is 0 Å². The number of nitrogens with zero attached hydrogens (tertiary/aromatic N) is 3. The van der Waals surface area contributed by atoms with Gasteiger partial charge in [-0.3, -0.25) is 4.79 Å². The zero-order valence-corrected chi connectivity index (χ0v) is 19.8. The Kier molecular flexibility index (Phi) is 6.23. The fourth-order valence-electron chi connectivity index (χ4n) is 4.38. The van der Waals surface area contributed by atoms with E-state index in [0.717, 1.165) is 35.4 Å². The van der Waals surface area contributed by atoms with Crippen molar-refractivity contribution in [3.8, 4) is 0 Å². The van der Waals surface area contributed by atoms with E-state index in [0.29, 0.717) is 41.5 Å². The minimum absolute atomic E-state index is 0.119. The van der Waals surface area contributed by atoms with Gasteiger partial charge >= 0.3 is 0 Å². The number of pyridine rings is 1. The molecule has 1 saturated heterocycles. The number of rotatable bonds is 5. The summed E-state index contributed by atoms with van der Waals surface area (Å²) in [6, 6.07) is 18.6. The summed E-state index contributed by atoms with van der Waals surface area (Å²) in [6.07, 6.45) is 5.21. The fraction of sp³-hybridized carbons (Fsp3) is 0.280. The van der Waals surface area contributed by atoms with Crippen LogP contribution in [-0.4, -0.2) is 43.2 Å². The van der Waals surface area contributed by atoms with E-state index in [-0.39, 0.29) is 5.91 Å². The Labute approximate surface area is 198 Å². The van der Waals surface area contributed by atoms with Crippen LogP contribution in [0.5, 0.6) is 0 Å². The second kappa shape index (κ2) is 9.29. The van der Waals surface area contributed by atoms with Crippen molar-refractivity contribution >= 4 is 33.4 Å². The summed E-state index contributed by atoms with van der Waals surface area (Å²) in [7, 11) is -3.50. The van der Waals surface area contributed by atoms with Crippen molar-refractivity contribution < 1.29 is 13.2 Å². The lowest BCUT2D eigenvalue weighted by Crippen LogP contribution is -2.35. The Balaban J connectivity index is 1.41.